The zero-order valence-electron chi connectivity index (χ0n) is 19.2. The van der Waals surface area contributed by atoms with Crippen LogP contribution in [0.2, 0.25) is 0 Å². The summed E-state index contributed by atoms with van der Waals surface area (Å²) in [6.07, 6.45) is -4.56. The van der Waals surface area contributed by atoms with Crippen LogP contribution >= 0.6 is 11.3 Å². The van der Waals surface area contributed by atoms with Gasteiger partial charge >= 0.3 is 18.2 Å². The molecule has 8 nitrogen and oxygen atoms in total. The maximum absolute atomic E-state index is 12.6. The summed E-state index contributed by atoms with van der Waals surface area (Å²) >= 11 is 1.82. The van der Waals surface area contributed by atoms with Crippen LogP contribution < -0.4 is 5.32 Å². The van der Waals surface area contributed by atoms with E-state index in [0.717, 1.165) is 26.2 Å². The van der Waals surface area contributed by atoms with Crippen LogP contribution in [0.1, 0.15) is 30.0 Å². The van der Waals surface area contributed by atoms with Gasteiger partial charge in [-0.05, 0) is 32.9 Å². The van der Waals surface area contributed by atoms with Gasteiger partial charge in [-0.3, -0.25) is 9.69 Å². The van der Waals surface area contributed by atoms with E-state index in [9.17, 15) is 22.8 Å². The van der Waals surface area contributed by atoms with Gasteiger partial charge in [0.1, 0.15) is 0 Å². The molecule has 33 heavy (non-hydrogen) atoms. The summed E-state index contributed by atoms with van der Waals surface area (Å²) in [7, 11) is 1.87. The van der Waals surface area contributed by atoms with E-state index in [0.29, 0.717) is 19.5 Å². The van der Waals surface area contributed by atoms with Crippen LogP contribution in [0.15, 0.2) is 12.1 Å². The number of alkyl halides is 3. The number of carboxylic acid groups (broad SMARTS) is 1. The fraction of sp³-hybridized carbons (Fsp3) is 0.667. The Morgan fingerprint density at radius 2 is 1.85 bits per heavy atom. The molecule has 3 heterocycles. The maximum Gasteiger partial charge on any atom is 0.490 e. The topological polar surface area (TPSA) is 93.2 Å². The van der Waals surface area contributed by atoms with Gasteiger partial charge in [0.05, 0.1) is 0 Å². The quantitative estimate of drug-likeness (QED) is 0.677. The number of nitrogens with one attached hydrogen (secondary N) is 1. The number of nitrogens with zero attached hydrogens (tertiary/aromatic N) is 3. The third-order valence-electron chi connectivity index (χ3n) is 5.41. The Morgan fingerprint density at radius 1 is 1.21 bits per heavy atom. The molecule has 2 saturated heterocycles. The van der Waals surface area contributed by atoms with Crippen LogP contribution in [0.5, 0.6) is 0 Å². The molecule has 0 aromatic carbocycles. The van der Waals surface area contributed by atoms with Gasteiger partial charge in [0, 0.05) is 73.9 Å². The summed E-state index contributed by atoms with van der Waals surface area (Å²) in [5.74, 6) is -2.57. The Balaban J connectivity index is 0.000000479. The Hall–Kier alpha value is -2.34. The number of amides is 3. The second kappa shape index (κ2) is 10.7. The lowest BCUT2D eigenvalue weighted by atomic mass is 9.86. The van der Waals surface area contributed by atoms with Crippen molar-refractivity contribution in [2.75, 3.05) is 39.8 Å². The summed E-state index contributed by atoms with van der Waals surface area (Å²) in [6, 6.07) is 4.44. The van der Waals surface area contributed by atoms with Gasteiger partial charge in [-0.25, -0.2) is 9.59 Å². The third-order valence-corrected chi connectivity index (χ3v) is 6.40. The SMILES string of the molecule is Cc1ccc(CN2CCN(C(=O)NC(C)C)CC3(CC(=O)N(C)C3)C2)s1.O=C(O)C(F)(F)F. The van der Waals surface area contributed by atoms with Gasteiger partial charge in [-0.2, -0.15) is 13.2 Å². The number of urea groups is 1. The first-order chi connectivity index (χ1) is 15.2. The van der Waals surface area contributed by atoms with Crippen molar-refractivity contribution >= 4 is 29.2 Å². The van der Waals surface area contributed by atoms with E-state index in [-0.39, 0.29) is 23.4 Å². The maximum atomic E-state index is 12.6. The molecular weight excluding hydrogens is 461 g/mol. The number of carbonyl (C=O) groups is 3. The first-order valence-electron chi connectivity index (χ1n) is 10.6. The molecule has 12 heteroatoms. The Morgan fingerprint density at radius 3 is 2.30 bits per heavy atom. The number of aryl methyl sites for hydroxylation is 1. The molecule has 0 bridgehead atoms. The van der Waals surface area contributed by atoms with Crippen molar-refractivity contribution in [3.8, 4) is 0 Å². The molecule has 2 N–H and O–H groups in total. The average molecular weight is 493 g/mol. The molecule has 1 unspecified atom stereocenters. The molecular formula is C21H31F3N4O4S. The fourth-order valence-electron chi connectivity index (χ4n) is 4.10. The molecule has 3 amide bonds. The van der Waals surface area contributed by atoms with Crippen molar-refractivity contribution in [3.63, 3.8) is 0 Å². The number of hydrogen-bond donors (Lipinski definition) is 2. The van der Waals surface area contributed by atoms with Gasteiger partial charge in [0.15, 0.2) is 0 Å². The smallest absolute Gasteiger partial charge is 0.475 e. The molecule has 2 fully saturated rings. The zero-order valence-corrected chi connectivity index (χ0v) is 20.1. The van der Waals surface area contributed by atoms with E-state index in [4.69, 9.17) is 9.90 Å². The van der Waals surface area contributed by atoms with Crippen molar-refractivity contribution in [2.45, 2.75) is 46.0 Å². The summed E-state index contributed by atoms with van der Waals surface area (Å²) in [5, 5.41) is 10.1. The zero-order chi connectivity index (χ0) is 25.0. The van der Waals surface area contributed by atoms with E-state index in [1.807, 2.05) is 42.0 Å². The van der Waals surface area contributed by atoms with E-state index >= 15 is 0 Å². The standard InChI is InChI=1S/C19H30N4O2S.C2HF3O2/c1-14(2)20-18(25)23-8-7-22(10-16-6-5-15(3)26-16)12-19(13-23)9-17(24)21(4)11-19;3-2(4,5)1(6)7/h5-6,14H,7-13H2,1-4H3,(H,20,25);(H,6,7). The van der Waals surface area contributed by atoms with Crippen molar-refractivity contribution in [1.29, 1.82) is 0 Å². The Labute approximate surface area is 195 Å². The molecule has 2 aliphatic heterocycles. The van der Waals surface area contributed by atoms with E-state index in [2.05, 4.69) is 29.3 Å². The minimum Gasteiger partial charge on any atom is -0.475 e. The largest absolute Gasteiger partial charge is 0.490 e. The van der Waals surface area contributed by atoms with Gasteiger partial charge in [-0.1, -0.05) is 0 Å². The predicted octanol–water partition coefficient (Wildman–Crippen LogP) is 2.77. The highest BCUT2D eigenvalue weighted by Crippen LogP contribution is 2.35. The summed E-state index contributed by atoms with van der Waals surface area (Å²) in [6.45, 7) is 10.7. The highest BCUT2D eigenvalue weighted by Gasteiger charge is 2.46. The van der Waals surface area contributed by atoms with Gasteiger partial charge in [-0.15, -0.1) is 11.3 Å². The van der Waals surface area contributed by atoms with Gasteiger partial charge < -0.3 is 20.2 Å². The van der Waals surface area contributed by atoms with Crippen LogP contribution in [0.4, 0.5) is 18.0 Å². The van der Waals surface area contributed by atoms with Crippen molar-refractivity contribution in [2.24, 2.45) is 5.41 Å². The average Bonchev–Trinajstić information content (AvgIpc) is 3.13. The first-order valence-corrected chi connectivity index (χ1v) is 11.4. The summed E-state index contributed by atoms with van der Waals surface area (Å²) in [4.78, 5) is 42.6. The van der Waals surface area contributed by atoms with Crippen LogP contribution in [-0.4, -0.2) is 89.7 Å². The van der Waals surface area contributed by atoms with Crippen molar-refractivity contribution in [1.82, 2.24) is 20.0 Å². The molecule has 0 saturated carbocycles. The lowest BCUT2D eigenvalue weighted by molar-refractivity contribution is -0.192. The van der Waals surface area contributed by atoms with Crippen LogP contribution in [-0.2, 0) is 16.1 Å². The molecule has 3 rings (SSSR count). The van der Waals surface area contributed by atoms with Crippen LogP contribution in [0, 0.1) is 12.3 Å². The highest BCUT2D eigenvalue weighted by atomic mass is 32.1. The Kier molecular flexibility index (Phi) is 8.75. The molecule has 0 radical (unpaired) electrons. The van der Waals surface area contributed by atoms with Crippen LogP contribution in [0.25, 0.3) is 0 Å². The van der Waals surface area contributed by atoms with E-state index in [1.165, 1.54) is 9.75 Å². The van der Waals surface area contributed by atoms with E-state index < -0.39 is 12.1 Å². The number of carboxylic acids is 1. The molecule has 1 aromatic rings. The molecule has 1 spiro atoms. The number of aliphatic carboxylic acids is 1. The number of carbonyl (C=O) groups excluding carboxylic acids is 2. The lowest BCUT2D eigenvalue weighted by Gasteiger charge is -2.33. The predicted molar refractivity (Wildman–Crippen MR) is 118 cm³/mol. The summed E-state index contributed by atoms with van der Waals surface area (Å²) in [5.41, 5.74) is -0.178. The van der Waals surface area contributed by atoms with E-state index in [1.54, 1.807) is 0 Å². The molecule has 2 aliphatic rings. The number of thiophene rings is 1. The fourth-order valence-corrected chi connectivity index (χ4v) is 5.03. The minimum absolute atomic E-state index is 0.0183. The second-order valence-corrected chi connectivity index (χ2v) is 10.4. The van der Waals surface area contributed by atoms with Crippen molar-refractivity contribution < 1.29 is 32.7 Å². The van der Waals surface area contributed by atoms with Crippen LogP contribution in [0.3, 0.4) is 0 Å². The lowest BCUT2D eigenvalue weighted by Crippen LogP contribution is -2.48. The monoisotopic (exact) mass is 492 g/mol. The summed E-state index contributed by atoms with van der Waals surface area (Å²) < 4.78 is 31.7. The number of halogens is 3. The first kappa shape index (κ1) is 26.9. The minimum atomic E-state index is -5.08. The normalized spacial score (nSPS) is 21.8. The number of rotatable bonds is 3. The molecule has 1 aromatic heterocycles. The third kappa shape index (κ3) is 7.88. The second-order valence-electron chi connectivity index (χ2n) is 8.98. The molecule has 186 valence electrons. The number of likely N-dealkylation sites (tertiary alicyclic amines) is 1. The molecule has 1 atom stereocenters. The highest BCUT2D eigenvalue weighted by molar-refractivity contribution is 7.11. The Bertz CT molecular complexity index is 861. The van der Waals surface area contributed by atoms with Gasteiger partial charge in [0.25, 0.3) is 0 Å². The van der Waals surface area contributed by atoms with Gasteiger partial charge in [0.2, 0.25) is 5.91 Å². The van der Waals surface area contributed by atoms with Crippen molar-refractivity contribution in [3.05, 3.63) is 21.9 Å². The molecule has 0 aliphatic carbocycles. The number of hydrogen-bond acceptors (Lipinski definition) is 5.